The Labute approximate surface area is 69.6 Å². The molecule has 0 aromatic carbocycles. The van der Waals surface area contributed by atoms with Crippen LogP contribution < -0.4 is 5.56 Å². The van der Waals surface area contributed by atoms with Gasteiger partial charge in [0.25, 0.3) is 5.56 Å². The number of hydrogen-bond donors (Lipinski definition) is 0. The van der Waals surface area contributed by atoms with Crippen molar-refractivity contribution in [1.29, 1.82) is 0 Å². The maximum absolute atomic E-state index is 10.9. The summed E-state index contributed by atoms with van der Waals surface area (Å²) < 4.78 is 23.0. The third-order valence-electron chi connectivity index (χ3n) is 1.33. The van der Waals surface area contributed by atoms with Gasteiger partial charge in [0.15, 0.2) is 14.9 Å². The van der Waals surface area contributed by atoms with Gasteiger partial charge in [-0.05, 0) is 0 Å². The molecule has 5 nitrogen and oxygen atoms in total. The number of hydrogen-bond acceptors (Lipinski definition) is 4. The van der Waals surface area contributed by atoms with Gasteiger partial charge in [0, 0.05) is 19.4 Å². The van der Waals surface area contributed by atoms with Gasteiger partial charge in [0.1, 0.15) is 0 Å². The average molecular weight is 188 g/mol. The van der Waals surface area contributed by atoms with Crippen molar-refractivity contribution in [3.63, 3.8) is 0 Å². The summed E-state index contributed by atoms with van der Waals surface area (Å²) in [6.07, 6.45) is 2.19. The van der Waals surface area contributed by atoms with Crippen LogP contribution in [0.4, 0.5) is 0 Å². The minimum Gasteiger partial charge on any atom is -0.302 e. The van der Waals surface area contributed by atoms with Crippen molar-refractivity contribution in [3.05, 3.63) is 22.7 Å². The first kappa shape index (κ1) is 8.92. The Morgan fingerprint density at radius 1 is 1.50 bits per heavy atom. The van der Waals surface area contributed by atoms with E-state index >= 15 is 0 Å². The average Bonchev–Trinajstić information content (AvgIpc) is 1.92. The monoisotopic (exact) mass is 188 g/mol. The van der Waals surface area contributed by atoms with Crippen molar-refractivity contribution < 1.29 is 8.42 Å². The Bertz CT molecular complexity index is 446. The van der Waals surface area contributed by atoms with Crippen LogP contribution in [0.2, 0.25) is 0 Å². The molecule has 0 bridgehead atoms. The molecule has 66 valence electrons. The van der Waals surface area contributed by atoms with Crippen LogP contribution in [0.3, 0.4) is 0 Å². The largest absolute Gasteiger partial charge is 0.302 e. The standard InChI is InChI=1S/C6H8N2O3S/c1-8-4-7-5(3-6(8)9)12(2,10)11/h3-4H,1-2H3. The molecule has 0 saturated carbocycles. The topological polar surface area (TPSA) is 69.0 Å². The Kier molecular flexibility index (Phi) is 2.01. The van der Waals surface area contributed by atoms with E-state index in [1.54, 1.807) is 0 Å². The molecule has 0 aliphatic heterocycles. The minimum absolute atomic E-state index is 0.189. The third kappa shape index (κ3) is 1.70. The van der Waals surface area contributed by atoms with Gasteiger partial charge < -0.3 is 4.57 Å². The second-order valence-electron chi connectivity index (χ2n) is 2.45. The van der Waals surface area contributed by atoms with Crippen LogP contribution in [-0.4, -0.2) is 24.2 Å². The zero-order valence-corrected chi connectivity index (χ0v) is 7.50. The third-order valence-corrected chi connectivity index (χ3v) is 2.32. The van der Waals surface area contributed by atoms with E-state index in [4.69, 9.17) is 0 Å². The number of nitrogens with zero attached hydrogens (tertiary/aromatic N) is 2. The molecule has 12 heavy (non-hydrogen) atoms. The highest BCUT2D eigenvalue weighted by Crippen LogP contribution is 1.98. The molecule has 1 aromatic heterocycles. The van der Waals surface area contributed by atoms with Crippen molar-refractivity contribution >= 4 is 9.84 Å². The lowest BCUT2D eigenvalue weighted by Gasteiger charge is -1.97. The summed E-state index contributed by atoms with van der Waals surface area (Å²) in [6, 6.07) is 0.995. The van der Waals surface area contributed by atoms with Crippen LogP contribution >= 0.6 is 0 Å². The smallest absolute Gasteiger partial charge is 0.254 e. The summed E-state index contributed by atoms with van der Waals surface area (Å²) in [4.78, 5) is 14.5. The number of aryl methyl sites for hydroxylation is 1. The molecular formula is C6H8N2O3S. The maximum Gasteiger partial charge on any atom is 0.254 e. The van der Waals surface area contributed by atoms with Crippen LogP contribution in [0.15, 0.2) is 22.2 Å². The fraction of sp³-hybridized carbons (Fsp3) is 0.333. The summed E-state index contributed by atoms with van der Waals surface area (Å²) in [5.74, 6) is 0. The quantitative estimate of drug-likeness (QED) is 0.540. The molecule has 0 N–H and O–H groups in total. The van der Waals surface area contributed by atoms with E-state index in [0.29, 0.717) is 0 Å². The molecule has 0 saturated heterocycles. The van der Waals surface area contributed by atoms with Crippen molar-refractivity contribution in [2.45, 2.75) is 5.03 Å². The van der Waals surface area contributed by atoms with E-state index in [0.717, 1.165) is 12.3 Å². The van der Waals surface area contributed by atoms with E-state index in [9.17, 15) is 13.2 Å². The van der Waals surface area contributed by atoms with Crippen LogP contribution in [0, 0.1) is 0 Å². The molecule has 0 radical (unpaired) electrons. The van der Waals surface area contributed by atoms with Gasteiger partial charge in [-0.2, -0.15) is 0 Å². The van der Waals surface area contributed by atoms with E-state index in [-0.39, 0.29) is 10.6 Å². The Balaban J connectivity index is 3.43. The predicted octanol–water partition coefficient (Wildman–Crippen LogP) is -0.816. The Morgan fingerprint density at radius 2 is 2.08 bits per heavy atom. The highest BCUT2D eigenvalue weighted by Gasteiger charge is 2.08. The van der Waals surface area contributed by atoms with Crippen molar-refractivity contribution in [2.24, 2.45) is 7.05 Å². The van der Waals surface area contributed by atoms with Crippen LogP contribution in [0.1, 0.15) is 0 Å². The highest BCUT2D eigenvalue weighted by molar-refractivity contribution is 7.90. The molecule has 1 rings (SSSR count). The second kappa shape index (κ2) is 2.71. The SMILES string of the molecule is Cn1cnc(S(C)(=O)=O)cc1=O. The fourth-order valence-corrected chi connectivity index (χ4v) is 1.20. The summed E-state index contributed by atoms with van der Waals surface area (Å²) >= 11 is 0. The van der Waals surface area contributed by atoms with Crippen molar-refractivity contribution in [3.8, 4) is 0 Å². The van der Waals surface area contributed by atoms with Crippen LogP contribution in [-0.2, 0) is 16.9 Å². The fourth-order valence-electron chi connectivity index (χ4n) is 0.648. The summed E-state index contributed by atoms with van der Waals surface area (Å²) in [5, 5.41) is -0.189. The van der Waals surface area contributed by atoms with Gasteiger partial charge in [-0.15, -0.1) is 0 Å². The van der Waals surface area contributed by atoms with Crippen LogP contribution in [0.25, 0.3) is 0 Å². The van der Waals surface area contributed by atoms with Crippen molar-refractivity contribution in [2.75, 3.05) is 6.26 Å². The molecule has 0 fully saturated rings. The molecule has 0 aliphatic rings. The molecular weight excluding hydrogens is 180 g/mol. The van der Waals surface area contributed by atoms with Gasteiger partial charge in [0.05, 0.1) is 6.33 Å². The molecule has 1 aromatic rings. The van der Waals surface area contributed by atoms with Gasteiger partial charge in [-0.25, -0.2) is 13.4 Å². The highest BCUT2D eigenvalue weighted by atomic mass is 32.2. The van der Waals surface area contributed by atoms with Gasteiger partial charge in [-0.1, -0.05) is 0 Å². The molecule has 0 spiro atoms. The van der Waals surface area contributed by atoms with Gasteiger partial charge in [0.2, 0.25) is 0 Å². The lowest BCUT2D eigenvalue weighted by Crippen LogP contribution is -2.18. The van der Waals surface area contributed by atoms with Gasteiger partial charge in [-0.3, -0.25) is 4.79 Å². The molecule has 0 atom stereocenters. The number of sulfone groups is 1. The van der Waals surface area contributed by atoms with E-state index in [1.807, 2.05) is 0 Å². The van der Waals surface area contributed by atoms with E-state index < -0.39 is 9.84 Å². The zero-order chi connectivity index (χ0) is 9.35. The molecule has 0 amide bonds. The normalized spacial score (nSPS) is 11.5. The first-order chi connectivity index (χ1) is 5.41. The summed E-state index contributed by atoms with van der Waals surface area (Å²) in [7, 11) is -1.87. The molecule has 1 heterocycles. The Morgan fingerprint density at radius 3 is 2.50 bits per heavy atom. The minimum atomic E-state index is -3.37. The molecule has 0 aliphatic carbocycles. The molecule has 6 heteroatoms. The second-order valence-corrected chi connectivity index (χ2v) is 4.41. The van der Waals surface area contributed by atoms with E-state index in [2.05, 4.69) is 4.98 Å². The lowest BCUT2D eigenvalue weighted by atomic mass is 10.6. The number of aromatic nitrogens is 2. The van der Waals surface area contributed by atoms with E-state index in [1.165, 1.54) is 17.9 Å². The predicted molar refractivity (Wildman–Crippen MR) is 42.6 cm³/mol. The zero-order valence-electron chi connectivity index (χ0n) is 6.68. The number of rotatable bonds is 1. The maximum atomic E-state index is 10.9. The van der Waals surface area contributed by atoms with Gasteiger partial charge >= 0.3 is 0 Å². The molecule has 0 unspecified atom stereocenters. The lowest BCUT2D eigenvalue weighted by molar-refractivity contribution is 0.596. The van der Waals surface area contributed by atoms with Crippen molar-refractivity contribution in [1.82, 2.24) is 9.55 Å². The first-order valence-electron chi connectivity index (χ1n) is 3.14. The summed E-state index contributed by atoms with van der Waals surface area (Å²) in [5.41, 5.74) is -0.384. The Hall–Kier alpha value is -1.17. The first-order valence-corrected chi connectivity index (χ1v) is 5.03. The summed E-state index contributed by atoms with van der Waals surface area (Å²) in [6.45, 7) is 0. The van der Waals surface area contributed by atoms with Crippen LogP contribution in [0.5, 0.6) is 0 Å².